The van der Waals surface area contributed by atoms with Crippen LogP contribution in [-0.2, 0) is 9.53 Å². The van der Waals surface area contributed by atoms with Crippen LogP contribution in [0.3, 0.4) is 0 Å². The number of hydrogen-bond donors (Lipinski definition) is 2. The molecule has 0 bridgehead atoms. The van der Waals surface area contributed by atoms with Crippen LogP contribution in [0.2, 0.25) is 0 Å². The number of ether oxygens (including phenoxy) is 1. The van der Waals surface area contributed by atoms with Gasteiger partial charge in [0.1, 0.15) is 11.8 Å². The number of nitrogens with zero attached hydrogens (tertiary/aromatic N) is 3. The van der Waals surface area contributed by atoms with Gasteiger partial charge in [-0.2, -0.15) is 10.7 Å². The first-order valence-corrected chi connectivity index (χ1v) is 9.99. The van der Waals surface area contributed by atoms with Crippen molar-refractivity contribution in [1.29, 1.82) is 5.26 Å². The van der Waals surface area contributed by atoms with E-state index in [1.165, 1.54) is 0 Å². The minimum absolute atomic E-state index is 0.0481. The first-order valence-electron chi connectivity index (χ1n) is 9.99. The van der Waals surface area contributed by atoms with Crippen molar-refractivity contribution in [2.45, 2.75) is 52.4 Å². The summed E-state index contributed by atoms with van der Waals surface area (Å²) in [6.45, 7) is 5.65. The van der Waals surface area contributed by atoms with Gasteiger partial charge in [0.05, 0.1) is 0 Å². The van der Waals surface area contributed by atoms with E-state index in [2.05, 4.69) is 34.8 Å². The molecule has 2 unspecified atom stereocenters. The van der Waals surface area contributed by atoms with Crippen LogP contribution in [0.1, 0.15) is 40.0 Å². The molecule has 0 spiro atoms. The highest BCUT2D eigenvalue weighted by molar-refractivity contribution is 6.05. The molecule has 1 saturated carbocycles. The topological polar surface area (TPSA) is 89.8 Å². The summed E-state index contributed by atoms with van der Waals surface area (Å²) >= 11 is 0. The monoisotopic (exact) mass is 393 g/mol. The summed E-state index contributed by atoms with van der Waals surface area (Å²) in [4.78, 5) is 16.7. The molecule has 29 heavy (non-hydrogen) atoms. The van der Waals surface area contributed by atoms with E-state index in [0.29, 0.717) is 5.76 Å². The zero-order valence-corrected chi connectivity index (χ0v) is 17.1. The molecule has 1 fully saturated rings. The molecule has 2 heterocycles. The Hall–Kier alpha value is -3.11. The number of aliphatic imine (C=N–C) groups is 1. The van der Waals surface area contributed by atoms with E-state index in [4.69, 9.17) is 10.00 Å². The number of hydrogen-bond acceptors (Lipinski definition) is 6. The maximum Gasteiger partial charge on any atom is 0.225 e. The lowest BCUT2D eigenvalue weighted by atomic mass is 10.0. The van der Waals surface area contributed by atoms with Crippen molar-refractivity contribution in [3.8, 4) is 6.07 Å². The van der Waals surface area contributed by atoms with Crippen molar-refractivity contribution in [2.24, 2.45) is 10.9 Å². The summed E-state index contributed by atoms with van der Waals surface area (Å²) in [5, 5.41) is 13.7. The lowest BCUT2D eigenvalue weighted by Crippen LogP contribution is -2.46. The van der Waals surface area contributed by atoms with Gasteiger partial charge in [0.2, 0.25) is 5.91 Å². The molecule has 0 aromatic carbocycles. The second kappa shape index (κ2) is 9.39. The Kier molecular flexibility index (Phi) is 6.68. The quantitative estimate of drug-likeness (QED) is 0.488. The SMILES string of the molecule is C\C=C(/C=C\C(=C/CC)C1=CC=CN2NC(NC(=O)C3CC3)N=C12)OC(C)C#N. The summed E-state index contributed by atoms with van der Waals surface area (Å²) in [6.07, 6.45) is 15.4. The smallest absolute Gasteiger partial charge is 0.225 e. The van der Waals surface area contributed by atoms with Gasteiger partial charge in [-0.25, -0.2) is 4.99 Å². The maximum absolute atomic E-state index is 12.1. The Bertz CT molecular complexity index is 868. The standard InChI is InChI=1S/C22H27N5O2/c1-4-7-16(11-12-18(5-2)29-15(3)14-23)19-8-6-13-27-20(19)24-22(26-27)25-21(28)17-9-10-17/h5-8,11-13,15,17,22,26H,4,9-10H2,1-3H3,(H,25,28)/b12-11-,16-7+,18-5+. The van der Waals surface area contributed by atoms with Crippen LogP contribution >= 0.6 is 0 Å². The molecule has 0 aromatic rings. The maximum atomic E-state index is 12.1. The van der Waals surface area contributed by atoms with Crippen molar-refractivity contribution in [1.82, 2.24) is 15.8 Å². The van der Waals surface area contributed by atoms with Crippen LogP contribution in [0.5, 0.6) is 0 Å². The molecule has 152 valence electrons. The average Bonchev–Trinajstić information content (AvgIpc) is 3.49. The zero-order chi connectivity index (χ0) is 20.8. The minimum Gasteiger partial charge on any atom is -0.476 e. The molecule has 7 heteroatoms. The summed E-state index contributed by atoms with van der Waals surface area (Å²) < 4.78 is 5.59. The van der Waals surface area contributed by atoms with Gasteiger partial charge in [-0.1, -0.05) is 19.1 Å². The number of rotatable bonds is 8. The lowest BCUT2D eigenvalue weighted by molar-refractivity contribution is -0.123. The normalized spacial score (nSPS) is 22.7. The number of amides is 1. The number of nitrogens with one attached hydrogen (secondary N) is 2. The molecule has 2 atom stereocenters. The second-order valence-corrected chi connectivity index (χ2v) is 7.04. The Morgan fingerprint density at radius 3 is 2.97 bits per heavy atom. The van der Waals surface area contributed by atoms with Gasteiger partial charge in [-0.3, -0.25) is 9.80 Å². The van der Waals surface area contributed by atoms with Crippen molar-refractivity contribution >= 4 is 11.7 Å². The highest BCUT2D eigenvalue weighted by Crippen LogP contribution is 2.29. The number of hydrazine groups is 1. The van der Waals surface area contributed by atoms with Gasteiger partial charge in [0.25, 0.3) is 0 Å². The lowest BCUT2D eigenvalue weighted by Gasteiger charge is -2.22. The van der Waals surface area contributed by atoms with E-state index in [-0.39, 0.29) is 11.8 Å². The van der Waals surface area contributed by atoms with Crippen LogP contribution < -0.4 is 10.7 Å². The van der Waals surface area contributed by atoms with Gasteiger partial charge >= 0.3 is 0 Å². The molecule has 0 aromatic heterocycles. The molecular weight excluding hydrogens is 366 g/mol. The van der Waals surface area contributed by atoms with Gasteiger partial charge in [0, 0.05) is 17.7 Å². The fourth-order valence-electron chi connectivity index (χ4n) is 3.00. The molecule has 2 N–H and O–H groups in total. The van der Waals surface area contributed by atoms with E-state index < -0.39 is 12.4 Å². The predicted octanol–water partition coefficient (Wildman–Crippen LogP) is 3.19. The summed E-state index contributed by atoms with van der Waals surface area (Å²) in [5.41, 5.74) is 5.13. The van der Waals surface area contributed by atoms with E-state index in [0.717, 1.165) is 36.2 Å². The highest BCUT2D eigenvalue weighted by atomic mass is 16.5. The van der Waals surface area contributed by atoms with Gasteiger partial charge in [0.15, 0.2) is 18.2 Å². The largest absolute Gasteiger partial charge is 0.476 e. The fraction of sp³-hybridized carbons (Fsp3) is 0.409. The summed E-state index contributed by atoms with van der Waals surface area (Å²) in [6, 6.07) is 2.07. The number of amidine groups is 1. The van der Waals surface area contributed by atoms with E-state index in [9.17, 15) is 4.79 Å². The molecule has 1 aliphatic carbocycles. The fourth-order valence-corrected chi connectivity index (χ4v) is 3.00. The van der Waals surface area contributed by atoms with Gasteiger partial charge < -0.3 is 10.1 Å². The Morgan fingerprint density at radius 1 is 1.52 bits per heavy atom. The van der Waals surface area contributed by atoms with Crippen molar-refractivity contribution in [3.05, 3.63) is 59.6 Å². The third kappa shape index (κ3) is 5.24. The average molecular weight is 393 g/mol. The number of carbonyl (C=O) groups excluding carboxylic acids is 1. The highest BCUT2D eigenvalue weighted by Gasteiger charge is 2.34. The first kappa shape index (κ1) is 20.6. The van der Waals surface area contributed by atoms with Gasteiger partial charge in [-0.15, -0.1) is 0 Å². The predicted molar refractivity (Wildman–Crippen MR) is 112 cm³/mol. The number of carbonyl (C=O) groups is 1. The minimum atomic E-state index is -0.518. The van der Waals surface area contributed by atoms with Crippen molar-refractivity contribution in [2.75, 3.05) is 0 Å². The Morgan fingerprint density at radius 2 is 2.31 bits per heavy atom. The number of allylic oxidation sites excluding steroid dienone is 6. The molecule has 0 saturated heterocycles. The summed E-state index contributed by atoms with van der Waals surface area (Å²) in [5.74, 6) is 1.57. The number of fused-ring (bicyclic) bond motifs is 1. The van der Waals surface area contributed by atoms with Gasteiger partial charge in [-0.05, 0) is 63.0 Å². The molecular formula is C22H27N5O2. The molecule has 2 aliphatic heterocycles. The van der Waals surface area contributed by atoms with Crippen LogP contribution in [0, 0.1) is 17.2 Å². The molecule has 0 radical (unpaired) electrons. The van der Waals surface area contributed by atoms with E-state index in [1.807, 2.05) is 48.5 Å². The number of nitriles is 1. The van der Waals surface area contributed by atoms with Crippen LogP contribution in [0.4, 0.5) is 0 Å². The van der Waals surface area contributed by atoms with Crippen LogP contribution in [-0.4, -0.2) is 29.1 Å². The molecule has 3 rings (SSSR count). The van der Waals surface area contributed by atoms with E-state index in [1.54, 1.807) is 6.92 Å². The molecule has 7 nitrogen and oxygen atoms in total. The van der Waals surface area contributed by atoms with Crippen LogP contribution in [0.15, 0.2) is 64.6 Å². The third-order valence-electron chi connectivity index (χ3n) is 4.65. The second-order valence-electron chi connectivity index (χ2n) is 7.04. The van der Waals surface area contributed by atoms with E-state index >= 15 is 0 Å². The third-order valence-corrected chi connectivity index (χ3v) is 4.65. The zero-order valence-electron chi connectivity index (χ0n) is 17.1. The molecule has 1 amide bonds. The molecule has 3 aliphatic rings. The first-order chi connectivity index (χ1) is 14.0. The van der Waals surface area contributed by atoms with Crippen LogP contribution in [0.25, 0.3) is 0 Å². The Balaban J connectivity index is 1.77. The van der Waals surface area contributed by atoms with Crippen molar-refractivity contribution < 1.29 is 9.53 Å². The Labute approximate surface area is 171 Å². The summed E-state index contributed by atoms with van der Waals surface area (Å²) in [7, 11) is 0. The van der Waals surface area contributed by atoms with Crippen molar-refractivity contribution in [3.63, 3.8) is 0 Å².